The SMILES string of the molecule is CCOC(=O)c1ccc(Oc2ccccc2OC)c(NC(C)=O)c1. The summed E-state index contributed by atoms with van der Waals surface area (Å²) in [6, 6.07) is 11.8. The molecular formula is C18H19NO5. The Bertz CT molecular complexity index is 742. The monoisotopic (exact) mass is 329 g/mol. The van der Waals surface area contributed by atoms with Crippen LogP contribution in [0.4, 0.5) is 5.69 Å². The van der Waals surface area contributed by atoms with Crippen molar-refractivity contribution in [2.75, 3.05) is 19.0 Å². The highest BCUT2D eigenvalue weighted by Gasteiger charge is 2.14. The van der Waals surface area contributed by atoms with Crippen molar-refractivity contribution in [3.05, 3.63) is 48.0 Å². The highest BCUT2D eigenvalue weighted by atomic mass is 16.5. The second-order valence-corrected chi connectivity index (χ2v) is 4.87. The summed E-state index contributed by atoms with van der Waals surface area (Å²) in [5.74, 6) is 0.702. The molecule has 0 aliphatic carbocycles. The molecule has 0 bridgehead atoms. The molecule has 0 unspecified atom stereocenters. The van der Waals surface area contributed by atoms with E-state index < -0.39 is 5.97 Å². The quantitative estimate of drug-likeness (QED) is 0.819. The molecule has 0 spiro atoms. The molecule has 0 heterocycles. The van der Waals surface area contributed by atoms with Crippen molar-refractivity contribution in [2.45, 2.75) is 13.8 Å². The van der Waals surface area contributed by atoms with Crippen molar-refractivity contribution in [3.63, 3.8) is 0 Å². The lowest BCUT2D eigenvalue weighted by Gasteiger charge is -2.14. The van der Waals surface area contributed by atoms with Crippen LogP contribution in [-0.4, -0.2) is 25.6 Å². The molecule has 0 saturated heterocycles. The van der Waals surface area contributed by atoms with E-state index in [1.807, 2.05) is 12.1 Å². The van der Waals surface area contributed by atoms with Crippen LogP contribution in [0.5, 0.6) is 17.2 Å². The van der Waals surface area contributed by atoms with E-state index in [2.05, 4.69) is 5.32 Å². The van der Waals surface area contributed by atoms with Gasteiger partial charge in [0, 0.05) is 6.92 Å². The van der Waals surface area contributed by atoms with Gasteiger partial charge in [-0.3, -0.25) is 4.79 Å². The van der Waals surface area contributed by atoms with Crippen LogP contribution >= 0.6 is 0 Å². The van der Waals surface area contributed by atoms with E-state index in [4.69, 9.17) is 14.2 Å². The number of ether oxygens (including phenoxy) is 3. The third-order valence-corrected chi connectivity index (χ3v) is 3.09. The summed E-state index contributed by atoms with van der Waals surface area (Å²) >= 11 is 0. The summed E-state index contributed by atoms with van der Waals surface area (Å²) < 4.78 is 16.1. The van der Waals surface area contributed by atoms with Crippen LogP contribution in [0.2, 0.25) is 0 Å². The summed E-state index contributed by atoms with van der Waals surface area (Å²) in [5, 5.41) is 2.66. The molecule has 0 fully saturated rings. The van der Waals surface area contributed by atoms with Crippen LogP contribution in [0.25, 0.3) is 0 Å². The molecule has 1 N–H and O–H groups in total. The van der Waals surface area contributed by atoms with Crippen LogP contribution in [-0.2, 0) is 9.53 Å². The Hall–Kier alpha value is -3.02. The topological polar surface area (TPSA) is 73.9 Å². The average molecular weight is 329 g/mol. The highest BCUT2D eigenvalue weighted by Crippen LogP contribution is 2.35. The Morgan fingerprint density at radius 3 is 2.38 bits per heavy atom. The lowest BCUT2D eigenvalue weighted by Crippen LogP contribution is -2.10. The maximum Gasteiger partial charge on any atom is 0.338 e. The molecule has 0 aliphatic heterocycles. The maximum atomic E-state index is 11.9. The van der Waals surface area contributed by atoms with E-state index >= 15 is 0 Å². The van der Waals surface area contributed by atoms with E-state index in [0.717, 1.165) is 0 Å². The van der Waals surface area contributed by atoms with Crippen molar-refractivity contribution in [1.29, 1.82) is 0 Å². The molecule has 0 aromatic heterocycles. The molecule has 126 valence electrons. The largest absolute Gasteiger partial charge is 0.493 e. The fraction of sp³-hybridized carbons (Fsp3) is 0.222. The smallest absolute Gasteiger partial charge is 0.338 e. The number of esters is 1. The summed E-state index contributed by atoms with van der Waals surface area (Å²) in [5.41, 5.74) is 0.701. The van der Waals surface area contributed by atoms with Crippen molar-refractivity contribution in [3.8, 4) is 17.2 Å². The Morgan fingerprint density at radius 2 is 1.75 bits per heavy atom. The number of rotatable bonds is 6. The molecule has 6 heteroatoms. The molecule has 0 aliphatic rings. The third kappa shape index (κ3) is 4.25. The number of benzene rings is 2. The van der Waals surface area contributed by atoms with Crippen molar-refractivity contribution < 1.29 is 23.8 Å². The number of hydrogen-bond donors (Lipinski definition) is 1. The minimum atomic E-state index is -0.465. The molecule has 0 atom stereocenters. The van der Waals surface area contributed by atoms with Crippen LogP contribution in [0.1, 0.15) is 24.2 Å². The second kappa shape index (κ2) is 8.01. The fourth-order valence-corrected chi connectivity index (χ4v) is 2.07. The first-order valence-corrected chi connectivity index (χ1v) is 7.44. The zero-order valence-electron chi connectivity index (χ0n) is 13.8. The van der Waals surface area contributed by atoms with E-state index in [-0.39, 0.29) is 12.5 Å². The average Bonchev–Trinajstić information content (AvgIpc) is 2.56. The first kappa shape index (κ1) is 17.3. The predicted octanol–water partition coefficient (Wildman–Crippen LogP) is 3.62. The van der Waals surface area contributed by atoms with Crippen LogP contribution in [0, 0.1) is 0 Å². The first-order valence-electron chi connectivity index (χ1n) is 7.44. The highest BCUT2D eigenvalue weighted by molar-refractivity contribution is 5.95. The number of methoxy groups -OCH3 is 1. The molecule has 1 amide bonds. The number of para-hydroxylation sites is 2. The van der Waals surface area contributed by atoms with Crippen LogP contribution in [0.3, 0.4) is 0 Å². The van der Waals surface area contributed by atoms with E-state index in [9.17, 15) is 9.59 Å². The normalized spacial score (nSPS) is 9.96. The van der Waals surface area contributed by atoms with Gasteiger partial charge in [0.15, 0.2) is 17.2 Å². The lowest BCUT2D eigenvalue weighted by atomic mass is 10.2. The van der Waals surface area contributed by atoms with Crippen LogP contribution in [0.15, 0.2) is 42.5 Å². The molecule has 0 saturated carbocycles. The van der Waals surface area contributed by atoms with Crippen LogP contribution < -0.4 is 14.8 Å². The summed E-state index contributed by atoms with van der Waals surface area (Å²) in [4.78, 5) is 23.3. The number of anilines is 1. The maximum absolute atomic E-state index is 11.9. The minimum absolute atomic E-state index is 0.272. The number of amides is 1. The lowest BCUT2D eigenvalue weighted by molar-refractivity contribution is -0.114. The summed E-state index contributed by atoms with van der Waals surface area (Å²) in [7, 11) is 1.54. The molecule has 0 radical (unpaired) electrons. The van der Waals surface area contributed by atoms with Gasteiger partial charge in [-0.25, -0.2) is 4.79 Å². The van der Waals surface area contributed by atoms with Gasteiger partial charge in [0.25, 0.3) is 0 Å². The minimum Gasteiger partial charge on any atom is -0.493 e. The Balaban J connectivity index is 2.37. The van der Waals surface area contributed by atoms with Crippen molar-refractivity contribution >= 4 is 17.6 Å². The van der Waals surface area contributed by atoms with Gasteiger partial charge in [0.2, 0.25) is 5.91 Å². The number of nitrogens with one attached hydrogen (secondary N) is 1. The van der Waals surface area contributed by atoms with Gasteiger partial charge in [-0.05, 0) is 37.3 Å². The molecule has 2 rings (SSSR count). The zero-order valence-corrected chi connectivity index (χ0v) is 13.8. The molecule has 2 aromatic rings. The number of carbonyl (C=O) groups is 2. The first-order chi connectivity index (χ1) is 11.5. The molecule has 24 heavy (non-hydrogen) atoms. The van der Waals surface area contributed by atoms with Crippen molar-refractivity contribution in [2.24, 2.45) is 0 Å². The number of carbonyl (C=O) groups excluding carboxylic acids is 2. The van der Waals surface area contributed by atoms with E-state index in [1.54, 1.807) is 38.3 Å². The predicted molar refractivity (Wildman–Crippen MR) is 89.8 cm³/mol. The summed E-state index contributed by atoms with van der Waals surface area (Å²) in [6.45, 7) is 3.38. The van der Waals surface area contributed by atoms with E-state index in [0.29, 0.717) is 28.5 Å². The second-order valence-electron chi connectivity index (χ2n) is 4.87. The van der Waals surface area contributed by atoms with Gasteiger partial charge in [-0.2, -0.15) is 0 Å². The number of hydrogen-bond acceptors (Lipinski definition) is 5. The standard InChI is InChI=1S/C18H19NO5/c1-4-23-18(21)13-9-10-15(14(11-13)19-12(2)20)24-17-8-6-5-7-16(17)22-3/h5-11H,4H2,1-3H3,(H,19,20). The fourth-order valence-electron chi connectivity index (χ4n) is 2.07. The summed E-state index contributed by atoms with van der Waals surface area (Å²) in [6.07, 6.45) is 0. The Kier molecular flexibility index (Phi) is 5.78. The van der Waals surface area contributed by atoms with Gasteiger partial charge in [-0.15, -0.1) is 0 Å². The zero-order chi connectivity index (χ0) is 17.5. The van der Waals surface area contributed by atoms with Gasteiger partial charge in [0.1, 0.15) is 0 Å². The van der Waals surface area contributed by atoms with Gasteiger partial charge >= 0.3 is 5.97 Å². The molecular weight excluding hydrogens is 310 g/mol. The third-order valence-electron chi connectivity index (χ3n) is 3.09. The Morgan fingerprint density at radius 1 is 1.04 bits per heavy atom. The van der Waals surface area contributed by atoms with Gasteiger partial charge in [0.05, 0.1) is 25.0 Å². The van der Waals surface area contributed by atoms with E-state index in [1.165, 1.54) is 13.0 Å². The Labute approximate surface area is 140 Å². The molecule has 2 aromatic carbocycles. The van der Waals surface area contributed by atoms with Crippen molar-refractivity contribution in [1.82, 2.24) is 0 Å². The van der Waals surface area contributed by atoms with Gasteiger partial charge in [-0.1, -0.05) is 12.1 Å². The molecule has 6 nitrogen and oxygen atoms in total. The van der Waals surface area contributed by atoms with Gasteiger partial charge < -0.3 is 19.5 Å².